The van der Waals surface area contributed by atoms with E-state index in [1.54, 1.807) is 6.92 Å². The van der Waals surface area contributed by atoms with Gasteiger partial charge in [-0.1, -0.05) is 20.1 Å². The fourth-order valence-electron chi connectivity index (χ4n) is 1.04. The molecule has 90 valence electrons. The van der Waals surface area contributed by atoms with Gasteiger partial charge in [-0.05, 0) is 26.2 Å². The predicted octanol–water partition coefficient (Wildman–Crippen LogP) is 2.31. The Morgan fingerprint density at radius 3 is 2.31 bits per heavy atom. The molecule has 1 atom stereocenters. The van der Waals surface area contributed by atoms with Crippen LogP contribution in [0.2, 0.25) is 0 Å². The number of carbonyl (C=O) groups is 2. The monoisotopic (exact) mass is 226 g/mol. The minimum atomic E-state index is -1.01. The van der Waals surface area contributed by atoms with Gasteiger partial charge in [0.1, 0.15) is 6.10 Å². The van der Waals surface area contributed by atoms with E-state index in [0.29, 0.717) is 24.8 Å². The minimum absolute atomic E-state index is 0.129. The Labute approximate surface area is 95.6 Å². The lowest BCUT2D eigenvalue weighted by Gasteiger charge is -2.15. The summed E-state index contributed by atoms with van der Waals surface area (Å²) in [6, 6.07) is 0. The zero-order valence-corrected chi connectivity index (χ0v) is 9.78. The maximum absolute atomic E-state index is 11.2. The molecule has 0 bridgehead atoms. The number of carboxylic acids is 1. The summed E-state index contributed by atoms with van der Waals surface area (Å²) in [5.41, 5.74) is 0.473. The van der Waals surface area contributed by atoms with Gasteiger partial charge < -0.3 is 9.84 Å². The minimum Gasteiger partial charge on any atom is -0.478 e. The maximum atomic E-state index is 11.2. The first-order valence-corrected chi connectivity index (χ1v) is 5.16. The second kappa shape index (κ2) is 6.82. The second-order valence-corrected chi connectivity index (χ2v) is 3.66. The number of aliphatic carboxylic acids is 1. The van der Waals surface area contributed by atoms with Gasteiger partial charge in [-0.2, -0.15) is 0 Å². The van der Waals surface area contributed by atoms with E-state index in [1.807, 2.05) is 6.92 Å². The third kappa shape index (κ3) is 5.34. The van der Waals surface area contributed by atoms with E-state index in [0.717, 1.165) is 0 Å². The fraction of sp³-hybridized carbons (Fsp3) is 0.500. The Morgan fingerprint density at radius 1 is 1.38 bits per heavy atom. The molecule has 0 spiro atoms. The summed E-state index contributed by atoms with van der Waals surface area (Å²) in [4.78, 5) is 21.7. The largest absolute Gasteiger partial charge is 0.478 e. The van der Waals surface area contributed by atoms with Crippen molar-refractivity contribution in [3.8, 4) is 0 Å². The molecule has 0 aliphatic rings. The molecule has 0 aromatic carbocycles. The van der Waals surface area contributed by atoms with Gasteiger partial charge in [-0.25, -0.2) is 9.59 Å². The topological polar surface area (TPSA) is 63.6 Å². The van der Waals surface area contributed by atoms with Gasteiger partial charge in [0, 0.05) is 11.1 Å². The molecule has 0 saturated heterocycles. The summed E-state index contributed by atoms with van der Waals surface area (Å²) in [6.45, 7) is 10.3. The van der Waals surface area contributed by atoms with Crippen molar-refractivity contribution in [2.75, 3.05) is 0 Å². The van der Waals surface area contributed by atoms with E-state index in [1.165, 1.54) is 0 Å². The Hall–Kier alpha value is -1.58. The SMILES string of the molecule is C=C(C)C(=O)OC(CC)CCC(=C)C(=O)O. The molecule has 0 aromatic rings. The molecule has 0 radical (unpaired) electrons. The van der Waals surface area contributed by atoms with Crippen LogP contribution >= 0.6 is 0 Å². The molecule has 0 amide bonds. The van der Waals surface area contributed by atoms with Gasteiger partial charge >= 0.3 is 11.9 Å². The van der Waals surface area contributed by atoms with Crippen LogP contribution in [0.5, 0.6) is 0 Å². The first-order chi connectivity index (χ1) is 7.38. The summed E-state index contributed by atoms with van der Waals surface area (Å²) in [5.74, 6) is -1.45. The van der Waals surface area contributed by atoms with Crippen LogP contribution in [0, 0.1) is 0 Å². The highest BCUT2D eigenvalue weighted by atomic mass is 16.5. The lowest BCUT2D eigenvalue weighted by Crippen LogP contribution is -2.18. The van der Waals surface area contributed by atoms with Crippen molar-refractivity contribution >= 4 is 11.9 Å². The Morgan fingerprint density at radius 2 is 1.94 bits per heavy atom. The van der Waals surface area contributed by atoms with Crippen molar-refractivity contribution < 1.29 is 19.4 Å². The molecule has 0 aliphatic heterocycles. The molecule has 4 nitrogen and oxygen atoms in total. The Kier molecular flexibility index (Phi) is 6.15. The van der Waals surface area contributed by atoms with Crippen molar-refractivity contribution in [1.29, 1.82) is 0 Å². The van der Waals surface area contributed by atoms with E-state index in [2.05, 4.69) is 13.2 Å². The number of rotatable bonds is 7. The smallest absolute Gasteiger partial charge is 0.333 e. The fourth-order valence-corrected chi connectivity index (χ4v) is 1.04. The lowest BCUT2D eigenvalue weighted by molar-refractivity contribution is -0.144. The summed E-state index contributed by atoms with van der Waals surface area (Å²) >= 11 is 0. The average molecular weight is 226 g/mol. The molecule has 16 heavy (non-hydrogen) atoms. The Balaban J connectivity index is 4.11. The van der Waals surface area contributed by atoms with Gasteiger partial charge in [0.15, 0.2) is 0 Å². The zero-order valence-electron chi connectivity index (χ0n) is 9.78. The molecule has 0 rings (SSSR count). The number of carbonyl (C=O) groups excluding carboxylic acids is 1. The summed E-state index contributed by atoms with van der Waals surface area (Å²) < 4.78 is 5.12. The van der Waals surface area contributed by atoms with Crippen molar-refractivity contribution in [2.24, 2.45) is 0 Å². The molecule has 0 saturated carbocycles. The number of hydrogen-bond acceptors (Lipinski definition) is 3. The van der Waals surface area contributed by atoms with Crippen LogP contribution in [0.15, 0.2) is 24.3 Å². The normalized spacial score (nSPS) is 11.6. The average Bonchev–Trinajstić information content (AvgIpc) is 2.22. The molecule has 0 fully saturated rings. The van der Waals surface area contributed by atoms with Crippen molar-refractivity contribution in [2.45, 2.75) is 39.2 Å². The van der Waals surface area contributed by atoms with Crippen molar-refractivity contribution in [3.05, 3.63) is 24.3 Å². The van der Waals surface area contributed by atoms with E-state index in [9.17, 15) is 9.59 Å². The molecule has 0 aromatic heterocycles. The standard InChI is InChI=1S/C12H18O4/c1-5-10(16-12(15)8(2)3)7-6-9(4)11(13)14/h10H,2,4-7H2,1,3H3,(H,13,14). The number of ether oxygens (including phenoxy) is 1. The zero-order chi connectivity index (χ0) is 12.7. The van der Waals surface area contributed by atoms with Crippen LogP contribution in [0.3, 0.4) is 0 Å². The van der Waals surface area contributed by atoms with E-state index in [4.69, 9.17) is 9.84 Å². The summed E-state index contributed by atoms with van der Waals surface area (Å²) in [6.07, 6.45) is 1.16. The Bertz CT molecular complexity index is 304. The summed E-state index contributed by atoms with van der Waals surface area (Å²) in [5, 5.41) is 8.62. The van der Waals surface area contributed by atoms with Crippen LogP contribution in [-0.4, -0.2) is 23.1 Å². The predicted molar refractivity (Wildman–Crippen MR) is 61.0 cm³/mol. The van der Waals surface area contributed by atoms with Crippen molar-refractivity contribution in [3.63, 3.8) is 0 Å². The molecular formula is C12H18O4. The first-order valence-electron chi connectivity index (χ1n) is 5.16. The van der Waals surface area contributed by atoms with Gasteiger partial charge in [0.2, 0.25) is 0 Å². The van der Waals surface area contributed by atoms with Crippen LogP contribution in [0.4, 0.5) is 0 Å². The summed E-state index contributed by atoms with van der Waals surface area (Å²) in [7, 11) is 0. The van der Waals surface area contributed by atoms with Gasteiger partial charge in [0.05, 0.1) is 0 Å². The second-order valence-electron chi connectivity index (χ2n) is 3.66. The third-order valence-corrected chi connectivity index (χ3v) is 2.15. The lowest BCUT2D eigenvalue weighted by atomic mass is 10.1. The molecule has 4 heteroatoms. The number of carboxylic acid groups (broad SMARTS) is 1. The molecule has 0 heterocycles. The van der Waals surface area contributed by atoms with E-state index in [-0.39, 0.29) is 11.7 Å². The maximum Gasteiger partial charge on any atom is 0.333 e. The van der Waals surface area contributed by atoms with Crippen LogP contribution < -0.4 is 0 Å². The number of hydrogen-bond donors (Lipinski definition) is 1. The van der Waals surface area contributed by atoms with Crippen LogP contribution in [0.1, 0.15) is 33.1 Å². The van der Waals surface area contributed by atoms with Crippen LogP contribution in [0.25, 0.3) is 0 Å². The van der Waals surface area contributed by atoms with Gasteiger partial charge in [-0.3, -0.25) is 0 Å². The van der Waals surface area contributed by atoms with Crippen LogP contribution in [-0.2, 0) is 14.3 Å². The third-order valence-electron chi connectivity index (χ3n) is 2.15. The van der Waals surface area contributed by atoms with Crippen molar-refractivity contribution in [1.82, 2.24) is 0 Å². The molecule has 1 N–H and O–H groups in total. The first kappa shape index (κ1) is 14.4. The van der Waals surface area contributed by atoms with Gasteiger partial charge in [-0.15, -0.1) is 0 Å². The van der Waals surface area contributed by atoms with E-state index >= 15 is 0 Å². The molecular weight excluding hydrogens is 208 g/mol. The molecule has 0 aliphatic carbocycles. The van der Waals surface area contributed by atoms with E-state index < -0.39 is 11.9 Å². The highest BCUT2D eigenvalue weighted by Crippen LogP contribution is 2.13. The quantitative estimate of drug-likeness (QED) is 0.534. The molecule has 1 unspecified atom stereocenters. The highest BCUT2D eigenvalue weighted by Gasteiger charge is 2.14. The van der Waals surface area contributed by atoms with Gasteiger partial charge in [0.25, 0.3) is 0 Å². The number of esters is 1. The highest BCUT2D eigenvalue weighted by molar-refractivity contribution is 5.87.